The van der Waals surface area contributed by atoms with Crippen molar-refractivity contribution in [3.63, 3.8) is 0 Å². The molecule has 1 atom stereocenters. The molecule has 31 heavy (non-hydrogen) atoms. The van der Waals surface area contributed by atoms with Gasteiger partial charge in [0.2, 0.25) is 11.8 Å². The van der Waals surface area contributed by atoms with Gasteiger partial charge in [0.1, 0.15) is 6.04 Å². The molecule has 1 aliphatic heterocycles. The molecule has 0 spiro atoms. The lowest BCUT2D eigenvalue weighted by atomic mass is 10.1. The van der Waals surface area contributed by atoms with Crippen LogP contribution < -0.4 is 10.2 Å². The SMILES string of the molecule is CN1C(=O)[C@@H](NC(=O)c2nnc(Cc3ccccc3)o2)CSc2cc3c(cc21)C=CC3. The smallest absolute Gasteiger partial charge is 0.309 e. The number of nitrogens with zero attached hydrogens (tertiary/aromatic N) is 3. The van der Waals surface area contributed by atoms with E-state index in [2.05, 4.69) is 33.7 Å². The molecule has 1 N–H and O–H groups in total. The zero-order chi connectivity index (χ0) is 21.4. The summed E-state index contributed by atoms with van der Waals surface area (Å²) in [6, 6.07) is 13.2. The highest BCUT2D eigenvalue weighted by Gasteiger charge is 2.32. The van der Waals surface area contributed by atoms with Crippen molar-refractivity contribution in [3.8, 4) is 0 Å². The van der Waals surface area contributed by atoms with Crippen molar-refractivity contribution in [2.75, 3.05) is 17.7 Å². The van der Waals surface area contributed by atoms with Gasteiger partial charge >= 0.3 is 11.8 Å². The highest BCUT2D eigenvalue weighted by molar-refractivity contribution is 7.99. The topological polar surface area (TPSA) is 88.3 Å². The second-order valence-electron chi connectivity index (χ2n) is 7.52. The van der Waals surface area contributed by atoms with Crippen molar-refractivity contribution in [1.82, 2.24) is 15.5 Å². The highest BCUT2D eigenvalue weighted by Crippen LogP contribution is 2.38. The van der Waals surface area contributed by atoms with Gasteiger partial charge in [-0.1, -0.05) is 42.5 Å². The van der Waals surface area contributed by atoms with E-state index in [1.54, 1.807) is 23.7 Å². The molecule has 156 valence electrons. The number of allylic oxidation sites excluding steroid dienone is 1. The fraction of sp³-hybridized carbons (Fsp3) is 0.217. The Morgan fingerprint density at radius 1 is 1.26 bits per heavy atom. The average Bonchev–Trinajstić information content (AvgIpc) is 3.42. The maximum atomic E-state index is 13.0. The molecule has 0 bridgehead atoms. The van der Waals surface area contributed by atoms with E-state index in [0.717, 1.165) is 28.1 Å². The second-order valence-corrected chi connectivity index (χ2v) is 8.58. The summed E-state index contributed by atoms with van der Waals surface area (Å²) in [5.41, 5.74) is 4.26. The van der Waals surface area contributed by atoms with Crippen LogP contribution in [0.2, 0.25) is 0 Å². The number of thioether (sulfide) groups is 1. The first-order valence-electron chi connectivity index (χ1n) is 9.99. The predicted octanol–water partition coefficient (Wildman–Crippen LogP) is 3.10. The minimum Gasteiger partial charge on any atom is -0.417 e. The van der Waals surface area contributed by atoms with Gasteiger partial charge in [0, 0.05) is 17.7 Å². The molecule has 1 aromatic heterocycles. The van der Waals surface area contributed by atoms with Gasteiger partial charge in [0.15, 0.2) is 0 Å². The number of hydrogen-bond acceptors (Lipinski definition) is 6. The van der Waals surface area contributed by atoms with E-state index in [1.807, 2.05) is 36.4 Å². The van der Waals surface area contributed by atoms with Crippen LogP contribution in [0.25, 0.3) is 6.08 Å². The molecule has 0 radical (unpaired) electrons. The Hall–Kier alpha value is -3.39. The standard InChI is InChI=1S/C23H20N4O3S/c1-27-18-11-15-8-5-9-16(15)12-19(18)31-13-17(23(27)29)24-21(28)22-26-25-20(30-22)10-14-6-3-2-4-7-14/h2-8,11-12,17H,9-10,13H2,1H3,(H,24,28)/t17-/m0/s1. The van der Waals surface area contributed by atoms with Crippen molar-refractivity contribution in [1.29, 1.82) is 0 Å². The number of hydrogen-bond donors (Lipinski definition) is 1. The molecule has 8 heteroatoms. The van der Waals surface area contributed by atoms with E-state index >= 15 is 0 Å². The van der Waals surface area contributed by atoms with Crippen LogP contribution in [0.5, 0.6) is 0 Å². The number of anilines is 1. The Labute approximate surface area is 183 Å². The first kappa shape index (κ1) is 19.6. The van der Waals surface area contributed by atoms with Crippen LogP contribution >= 0.6 is 11.8 Å². The Kier molecular flexibility index (Phi) is 5.07. The van der Waals surface area contributed by atoms with Crippen molar-refractivity contribution in [3.05, 3.63) is 77.0 Å². The molecule has 2 heterocycles. The lowest BCUT2D eigenvalue weighted by Crippen LogP contribution is -2.48. The van der Waals surface area contributed by atoms with Crippen LogP contribution in [0.3, 0.4) is 0 Å². The number of carbonyl (C=O) groups is 2. The number of rotatable bonds is 4. The first-order chi connectivity index (χ1) is 15.1. The maximum Gasteiger partial charge on any atom is 0.309 e. The molecule has 0 fully saturated rings. The number of amides is 2. The zero-order valence-electron chi connectivity index (χ0n) is 16.9. The van der Waals surface area contributed by atoms with Crippen molar-refractivity contribution < 1.29 is 14.0 Å². The maximum absolute atomic E-state index is 13.0. The summed E-state index contributed by atoms with van der Waals surface area (Å²) in [7, 11) is 1.74. The third-order valence-electron chi connectivity index (χ3n) is 5.42. The van der Waals surface area contributed by atoms with Crippen molar-refractivity contribution in [2.45, 2.75) is 23.8 Å². The third kappa shape index (κ3) is 3.86. The molecule has 2 amide bonds. The summed E-state index contributed by atoms with van der Waals surface area (Å²) >= 11 is 1.56. The molecular weight excluding hydrogens is 412 g/mol. The predicted molar refractivity (Wildman–Crippen MR) is 118 cm³/mol. The lowest BCUT2D eigenvalue weighted by molar-refractivity contribution is -0.119. The molecule has 0 saturated heterocycles. The molecule has 7 nitrogen and oxygen atoms in total. The summed E-state index contributed by atoms with van der Waals surface area (Å²) in [4.78, 5) is 28.4. The van der Waals surface area contributed by atoms with E-state index in [1.165, 1.54) is 5.56 Å². The van der Waals surface area contributed by atoms with E-state index in [0.29, 0.717) is 18.1 Å². The molecule has 0 unspecified atom stereocenters. The van der Waals surface area contributed by atoms with Gasteiger partial charge in [-0.3, -0.25) is 9.59 Å². The van der Waals surface area contributed by atoms with E-state index < -0.39 is 11.9 Å². The normalized spacial score (nSPS) is 17.3. The summed E-state index contributed by atoms with van der Waals surface area (Å²) < 4.78 is 5.53. The van der Waals surface area contributed by atoms with Gasteiger partial charge in [-0.2, -0.15) is 0 Å². The minimum atomic E-state index is -0.690. The minimum absolute atomic E-state index is 0.141. The fourth-order valence-corrected chi connectivity index (χ4v) is 4.90. The van der Waals surface area contributed by atoms with Crippen LogP contribution in [0, 0.1) is 0 Å². The summed E-state index contributed by atoms with van der Waals surface area (Å²) in [6.45, 7) is 0. The number of carbonyl (C=O) groups excluding carboxylic acids is 2. The van der Waals surface area contributed by atoms with E-state index in [9.17, 15) is 9.59 Å². The second kappa shape index (κ2) is 8.03. The van der Waals surface area contributed by atoms with Crippen molar-refractivity contribution >= 4 is 35.3 Å². The largest absolute Gasteiger partial charge is 0.417 e. The Balaban J connectivity index is 1.30. The molecule has 5 rings (SSSR count). The summed E-state index contributed by atoms with van der Waals surface area (Å²) in [6.07, 6.45) is 5.54. The fourth-order valence-electron chi connectivity index (χ4n) is 3.76. The van der Waals surface area contributed by atoms with Crippen LogP contribution in [0.15, 0.2) is 57.9 Å². The third-order valence-corrected chi connectivity index (χ3v) is 6.55. The number of benzene rings is 2. The monoisotopic (exact) mass is 432 g/mol. The molecule has 2 aromatic carbocycles. The van der Waals surface area contributed by atoms with Crippen LogP contribution in [-0.2, 0) is 17.6 Å². The Bertz CT molecular complexity index is 1190. The Morgan fingerprint density at radius 2 is 2.10 bits per heavy atom. The van der Waals surface area contributed by atoms with Gasteiger partial charge < -0.3 is 14.6 Å². The number of likely N-dealkylation sites (N-methyl/N-ethyl adjacent to an activating group) is 1. The van der Waals surface area contributed by atoms with E-state index in [-0.39, 0.29) is 11.8 Å². The number of aromatic nitrogens is 2. The summed E-state index contributed by atoms with van der Waals surface area (Å²) in [5, 5.41) is 10.6. The molecular formula is C23H20N4O3S. The van der Waals surface area contributed by atoms with Gasteiger partial charge in [-0.25, -0.2) is 0 Å². The van der Waals surface area contributed by atoms with Gasteiger partial charge in [0.25, 0.3) is 0 Å². The van der Waals surface area contributed by atoms with Gasteiger partial charge in [-0.15, -0.1) is 22.0 Å². The Morgan fingerprint density at radius 3 is 2.94 bits per heavy atom. The number of nitrogens with one attached hydrogen (secondary N) is 1. The number of fused-ring (bicyclic) bond motifs is 2. The first-order valence-corrected chi connectivity index (χ1v) is 11.0. The van der Waals surface area contributed by atoms with Crippen LogP contribution in [-0.4, -0.2) is 40.9 Å². The zero-order valence-corrected chi connectivity index (χ0v) is 17.7. The van der Waals surface area contributed by atoms with Gasteiger partial charge in [-0.05, 0) is 35.2 Å². The lowest BCUT2D eigenvalue weighted by Gasteiger charge is -2.21. The van der Waals surface area contributed by atoms with Crippen LogP contribution in [0.1, 0.15) is 33.3 Å². The van der Waals surface area contributed by atoms with Crippen LogP contribution in [0.4, 0.5) is 5.69 Å². The highest BCUT2D eigenvalue weighted by atomic mass is 32.2. The summed E-state index contributed by atoms with van der Waals surface area (Å²) in [5.74, 6) is -0.0811. The molecule has 3 aromatic rings. The molecule has 0 saturated carbocycles. The molecule has 2 aliphatic rings. The van der Waals surface area contributed by atoms with Crippen molar-refractivity contribution in [2.24, 2.45) is 0 Å². The molecule has 1 aliphatic carbocycles. The quantitative estimate of drug-likeness (QED) is 0.682. The average molecular weight is 433 g/mol. The van der Waals surface area contributed by atoms with E-state index in [4.69, 9.17) is 4.42 Å². The van der Waals surface area contributed by atoms with Gasteiger partial charge in [0.05, 0.1) is 12.1 Å².